The summed E-state index contributed by atoms with van der Waals surface area (Å²) in [6.45, 7) is 3.71. The molecule has 1 rings (SSSR count). The second kappa shape index (κ2) is 5.42. The summed E-state index contributed by atoms with van der Waals surface area (Å²) in [6.07, 6.45) is 2.21. The summed E-state index contributed by atoms with van der Waals surface area (Å²) in [5.41, 5.74) is -1.10. The molecule has 0 bridgehead atoms. The van der Waals surface area contributed by atoms with Gasteiger partial charge in [-0.3, -0.25) is 4.79 Å². The Labute approximate surface area is 94.9 Å². The van der Waals surface area contributed by atoms with Crippen LogP contribution in [0.4, 0.5) is 0 Å². The van der Waals surface area contributed by atoms with Gasteiger partial charge < -0.3 is 5.11 Å². The number of carbonyl (C=O) groups excluding carboxylic acids is 1. The standard InChI is InChI=1S/C12H18O2S/c1-3-12(14,4-2)11(13)8-7-10-6-5-9-15-10/h5-6,9,14H,3-4,7-8H2,1-2H3. The smallest absolute Gasteiger partial charge is 0.164 e. The summed E-state index contributed by atoms with van der Waals surface area (Å²) in [7, 11) is 0. The minimum absolute atomic E-state index is 0.0269. The number of hydrogen-bond donors (Lipinski definition) is 1. The van der Waals surface area contributed by atoms with E-state index in [0.29, 0.717) is 19.3 Å². The zero-order valence-corrected chi connectivity index (χ0v) is 10.1. The van der Waals surface area contributed by atoms with Crippen molar-refractivity contribution in [3.63, 3.8) is 0 Å². The van der Waals surface area contributed by atoms with Crippen LogP contribution >= 0.6 is 11.3 Å². The van der Waals surface area contributed by atoms with Gasteiger partial charge in [0.15, 0.2) is 5.78 Å². The molecule has 84 valence electrons. The largest absolute Gasteiger partial charge is 0.382 e. The molecule has 0 saturated heterocycles. The molecule has 1 N–H and O–H groups in total. The first-order valence-corrected chi connectivity index (χ1v) is 6.28. The molecule has 0 saturated carbocycles. The molecule has 0 aliphatic carbocycles. The molecule has 0 aromatic carbocycles. The number of Topliss-reactive ketones (excluding diaryl/α,β-unsaturated/α-hetero) is 1. The van der Waals surface area contributed by atoms with Crippen molar-refractivity contribution in [1.29, 1.82) is 0 Å². The quantitative estimate of drug-likeness (QED) is 0.810. The zero-order chi connectivity index (χ0) is 11.3. The van der Waals surface area contributed by atoms with Crippen molar-refractivity contribution in [2.75, 3.05) is 0 Å². The summed E-state index contributed by atoms with van der Waals surface area (Å²) in [6, 6.07) is 4.01. The van der Waals surface area contributed by atoms with E-state index < -0.39 is 5.60 Å². The summed E-state index contributed by atoms with van der Waals surface area (Å²) in [5.74, 6) is -0.0269. The van der Waals surface area contributed by atoms with Crippen molar-refractivity contribution in [1.82, 2.24) is 0 Å². The van der Waals surface area contributed by atoms with E-state index >= 15 is 0 Å². The molecule has 0 atom stereocenters. The van der Waals surface area contributed by atoms with Crippen molar-refractivity contribution in [3.05, 3.63) is 22.4 Å². The van der Waals surface area contributed by atoms with Gasteiger partial charge in [0.05, 0.1) is 0 Å². The highest BCUT2D eigenvalue weighted by atomic mass is 32.1. The van der Waals surface area contributed by atoms with Crippen LogP contribution in [0, 0.1) is 0 Å². The van der Waals surface area contributed by atoms with E-state index in [0.717, 1.165) is 6.42 Å². The number of carbonyl (C=O) groups is 1. The molecule has 0 amide bonds. The maximum Gasteiger partial charge on any atom is 0.164 e. The van der Waals surface area contributed by atoms with Gasteiger partial charge >= 0.3 is 0 Å². The van der Waals surface area contributed by atoms with Crippen LogP contribution in [0.2, 0.25) is 0 Å². The highest BCUT2D eigenvalue weighted by Crippen LogP contribution is 2.20. The lowest BCUT2D eigenvalue weighted by Crippen LogP contribution is -2.37. The Morgan fingerprint density at radius 3 is 2.60 bits per heavy atom. The molecule has 2 nitrogen and oxygen atoms in total. The molecule has 0 fully saturated rings. The summed E-state index contributed by atoms with van der Waals surface area (Å²) in [4.78, 5) is 13.0. The second-order valence-electron chi connectivity index (χ2n) is 3.74. The van der Waals surface area contributed by atoms with Crippen molar-refractivity contribution in [3.8, 4) is 0 Å². The van der Waals surface area contributed by atoms with Crippen molar-refractivity contribution < 1.29 is 9.90 Å². The van der Waals surface area contributed by atoms with Gasteiger partial charge in [-0.1, -0.05) is 19.9 Å². The first-order valence-electron chi connectivity index (χ1n) is 5.40. The van der Waals surface area contributed by atoms with Gasteiger partial charge in [-0.15, -0.1) is 11.3 Å². The average molecular weight is 226 g/mol. The van der Waals surface area contributed by atoms with E-state index in [1.807, 2.05) is 31.4 Å². The van der Waals surface area contributed by atoms with Gasteiger partial charge in [-0.25, -0.2) is 0 Å². The average Bonchev–Trinajstić information content (AvgIpc) is 2.77. The Balaban J connectivity index is 2.48. The lowest BCUT2D eigenvalue weighted by atomic mass is 9.89. The molecule has 0 unspecified atom stereocenters. The van der Waals surface area contributed by atoms with Crippen molar-refractivity contribution in [2.45, 2.75) is 45.1 Å². The fourth-order valence-corrected chi connectivity index (χ4v) is 2.28. The summed E-state index contributed by atoms with van der Waals surface area (Å²) >= 11 is 1.66. The first kappa shape index (κ1) is 12.4. The molecule has 1 heterocycles. The van der Waals surface area contributed by atoms with Crippen molar-refractivity contribution >= 4 is 17.1 Å². The Morgan fingerprint density at radius 1 is 1.47 bits per heavy atom. The summed E-state index contributed by atoms with van der Waals surface area (Å²) in [5, 5.41) is 12.0. The number of thiophene rings is 1. The summed E-state index contributed by atoms with van der Waals surface area (Å²) < 4.78 is 0. The highest BCUT2D eigenvalue weighted by Gasteiger charge is 2.30. The van der Waals surface area contributed by atoms with Crippen LogP contribution in [0.5, 0.6) is 0 Å². The van der Waals surface area contributed by atoms with Gasteiger partial charge in [0.2, 0.25) is 0 Å². The van der Waals surface area contributed by atoms with E-state index in [4.69, 9.17) is 0 Å². The van der Waals surface area contributed by atoms with Gasteiger partial charge in [0, 0.05) is 11.3 Å². The van der Waals surface area contributed by atoms with Crippen LogP contribution in [0.25, 0.3) is 0 Å². The highest BCUT2D eigenvalue weighted by molar-refractivity contribution is 7.09. The van der Waals surface area contributed by atoms with Gasteiger partial charge in [0.25, 0.3) is 0 Å². The third kappa shape index (κ3) is 3.14. The fourth-order valence-electron chi connectivity index (χ4n) is 1.57. The lowest BCUT2D eigenvalue weighted by molar-refractivity contribution is -0.138. The van der Waals surface area contributed by atoms with Crippen molar-refractivity contribution in [2.24, 2.45) is 0 Å². The van der Waals surface area contributed by atoms with E-state index in [-0.39, 0.29) is 5.78 Å². The van der Waals surface area contributed by atoms with Gasteiger partial charge in [0.1, 0.15) is 5.60 Å². The van der Waals surface area contributed by atoms with Crippen LogP contribution in [-0.4, -0.2) is 16.5 Å². The molecular weight excluding hydrogens is 208 g/mol. The Morgan fingerprint density at radius 2 is 2.13 bits per heavy atom. The van der Waals surface area contributed by atoms with Crippen LogP contribution in [0.15, 0.2) is 17.5 Å². The molecule has 0 radical (unpaired) electrons. The maximum atomic E-state index is 11.8. The predicted octanol–water partition coefficient (Wildman–Crippen LogP) is 2.80. The molecule has 1 aromatic rings. The number of hydrogen-bond acceptors (Lipinski definition) is 3. The Hall–Kier alpha value is -0.670. The molecule has 0 aliphatic heterocycles. The molecular formula is C12H18O2S. The van der Waals surface area contributed by atoms with Gasteiger partial charge in [-0.05, 0) is 30.7 Å². The third-order valence-corrected chi connectivity index (χ3v) is 3.80. The first-order chi connectivity index (χ1) is 7.12. The molecule has 1 aromatic heterocycles. The van der Waals surface area contributed by atoms with Crippen LogP contribution in [0.1, 0.15) is 38.0 Å². The number of ketones is 1. The Bertz CT molecular complexity index is 299. The minimum Gasteiger partial charge on any atom is -0.382 e. The van der Waals surface area contributed by atoms with E-state index in [9.17, 15) is 9.90 Å². The monoisotopic (exact) mass is 226 g/mol. The van der Waals surface area contributed by atoms with E-state index in [2.05, 4.69) is 0 Å². The molecule has 0 spiro atoms. The van der Waals surface area contributed by atoms with Crippen LogP contribution in [-0.2, 0) is 11.2 Å². The predicted molar refractivity (Wildman–Crippen MR) is 63.2 cm³/mol. The SMILES string of the molecule is CCC(O)(CC)C(=O)CCc1cccs1. The van der Waals surface area contributed by atoms with Crippen LogP contribution in [0.3, 0.4) is 0 Å². The lowest BCUT2D eigenvalue weighted by Gasteiger charge is -2.23. The Kier molecular flexibility index (Phi) is 4.48. The molecule has 0 aliphatic rings. The van der Waals surface area contributed by atoms with E-state index in [1.54, 1.807) is 11.3 Å². The fraction of sp³-hybridized carbons (Fsp3) is 0.583. The van der Waals surface area contributed by atoms with Crippen LogP contribution < -0.4 is 0 Å². The van der Waals surface area contributed by atoms with E-state index in [1.165, 1.54) is 4.88 Å². The topological polar surface area (TPSA) is 37.3 Å². The zero-order valence-electron chi connectivity index (χ0n) is 9.32. The molecule has 15 heavy (non-hydrogen) atoms. The second-order valence-corrected chi connectivity index (χ2v) is 4.77. The third-order valence-electron chi connectivity index (χ3n) is 2.87. The van der Waals surface area contributed by atoms with Gasteiger partial charge in [-0.2, -0.15) is 0 Å². The number of rotatable bonds is 6. The minimum atomic E-state index is -1.10. The molecule has 3 heteroatoms. The number of aryl methyl sites for hydroxylation is 1. The normalized spacial score (nSPS) is 11.7. The maximum absolute atomic E-state index is 11.8. The number of aliphatic hydroxyl groups is 1.